The van der Waals surface area contributed by atoms with Gasteiger partial charge in [-0.1, -0.05) is 11.6 Å². The number of nitrogens with two attached hydrogens (primary N) is 1. The molecule has 0 amide bonds. The van der Waals surface area contributed by atoms with Crippen molar-refractivity contribution in [2.24, 2.45) is 5.73 Å². The molecule has 1 aromatic heterocycles. The van der Waals surface area contributed by atoms with Gasteiger partial charge in [0.1, 0.15) is 5.15 Å². The van der Waals surface area contributed by atoms with Gasteiger partial charge in [0.05, 0.1) is 0 Å². The second kappa shape index (κ2) is 5.01. The van der Waals surface area contributed by atoms with Crippen molar-refractivity contribution in [1.29, 1.82) is 0 Å². The summed E-state index contributed by atoms with van der Waals surface area (Å²) >= 11 is 6.14. The van der Waals surface area contributed by atoms with Crippen molar-refractivity contribution >= 4 is 11.6 Å². The number of aromatic amines is 1. The molecule has 0 unspecified atom stereocenters. The normalized spacial score (nSPS) is 17.5. The van der Waals surface area contributed by atoms with Crippen LogP contribution in [0.1, 0.15) is 24.1 Å². The van der Waals surface area contributed by atoms with Crippen LogP contribution in [0.2, 0.25) is 5.15 Å². The molecular formula is C11H18ClN3. The lowest BCUT2D eigenvalue weighted by Gasteiger charge is -2.13. The van der Waals surface area contributed by atoms with Gasteiger partial charge in [-0.15, -0.1) is 0 Å². The fourth-order valence-corrected chi connectivity index (χ4v) is 2.35. The molecule has 0 aromatic carbocycles. The maximum absolute atomic E-state index is 6.14. The van der Waals surface area contributed by atoms with Gasteiger partial charge < -0.3 is 10.7 Å². The maximum atomic E-state index is 6.14. The number of likely N-dealkylation sites (tertiary alicyclic amines) is 1. The first-order chi connectivity index (χ1) is 7.29. The number of hydrogen-bond donors (Lipinski definition) is 2. The van der Waals surface area contributed by atoms with Crippen LogP contribution in [-0.4, -0.2) is 29.5 Å². The summed E-state index contributed by atoms with van der Waals surface area (Å²) in [7, 11) is 0. The molecular weight excluding hydrogens is 210 g/mol. The quantitative estimate of drug-likeness (QED) is 0.824. The first-order valence-electron chi connectivity index (χ1n) is 5.58. The van der Waals surface area contributed by atoms with E-state index in [-0.39, 0.29) is 0 Å². The number of hydrogen-bond acceptors (Lipinski definition) is 2. The largest absolute Gasteiger partial charge is 0.349 e. The molecule has 1 aliphatic heterocycles. The lowest BCUT2D eigenvalue weighted by Crippen LogP contribution is -2.18. The zero-order valence-electron chi connectivity index (χ0n) is 8.93. The molecule has 0 saturated carbocycles. The molecule has 0 bridgehead atoms. The molecule has 1 fully saturated rings. The fraction of sp³-hybridized carbons (Fsp3) is 0.636. The smallest absolute Gasteiger partial charge is 0.111 e. The average molecular weight is 228 g/mol. The van der Waals surface area contributed by atoms with Crippen LogP contribution in [0.25, 0.3) is 0 Å². The molecule has 1 aromatic rings. The van der Waals surface area contributed by atoms with Gasteiger partial charge in [-0.2, -0.15) is 0 Å². The Hall–Kier alpha value is -0.510. The van der Waals surface area contributed by atoms with Crippen LogP contribution in [0.4, 0.5) is 0 Å². The average Bonchev–Trinajstić information content (AvgIpc) is 2.79. The standard InChI is InChI=1S/C11H18ClN3/c12-11-9(7-10(14-11)3-4-13)8-15-5-1-2-6-15/h7,14H,1-6,8,13H2. The number of halogens is 1. The molecule has 2 heterocycles. The summed E-state index contributed by atoms with van der Waals surface area (Å²) in [6, 6.07) is 2.15. The topological polar surface area (TPSA) is 45.0 Å². The predicted molar refractivity (Wildman–Crippen MR) is 63.1 cm³/mol. The van der Waals surface area contributed by atoms with E-state index < -0.39 is 0 Å². The molecule has 3 N–H and O–H groups in total. The van der Waals surface area contributed by atoms with Gasteiger partial charge in [0.15, 0.2) is 0 Å². The summed E-state index contributed by atoms with van der Waals surface area (Å²) in [6.07, 6.45) is 3.51. The van der Waals surface area contributed by atoms with E-state index in [9.17, 15) is 0 Å². The van der Waals surface area contributed by atoms with E-state index in [1.165, 1.54) is 31.5 Å². The molecule has 1 saturated heterocycles. The highest BCUT2D eigenvalue weighted by atomic mass is 35.5. The number of nitrogens with one attached hydrogen (secondary N) is 1. The van der Waals surface area contributed by atoms with Crippen molar-refractivity contribution in [3.8, 4) is 0 Å². The van der Waals surface area contributed by atoms with Gasteiger partial charge in [-0.25, -0.2) is 0 Å². The molecule has 84 valence electrons. The molecule has 0 aliphatic carbocycles. The molecule has 0 atom stereocenters. The van der Waals surface area contributed by atoms with Crippen molar-refractivity contribution in [3.05, 3.63) is 22.5 Å². The second-order valence-electron chi connectivity index (χ2n) is 4.16. The van der Waals surface area contributed by atoms with Gasteiger partial charge >= 0.3 is 0 Å². The van der Waals surface area contributed by atoms with E-state index >= 15 is 0 Å². The van der Waals surface area contributed by atoms with Crippen molar-refractivity contribution in [2.45, 2.75) is 25.8 Å². The monoisotopic (exact) mass is 227 g/mol. The van der Waals surface area contributed by atoms with Crippen molar-refractivity contribution in [2.75, 3.05) is 19.6 Å². The number of aromatic nitrogens is 1. The zero-order chi connectivity index (χ0) is 10.7. The van der Waals surface area contributed by atoms with E-state index in [1.54, 1.807) is 0 Å². The van der Waals surface area contributed by atoms with Crippen molar-refractivity contribution in [3.63, 3.8) is 0 Å². The highest BCUT2D eigenvalue weighted by molar-refractivity contribution is 6.30. The Balaban J connectivity index is 2.00. The highest BCUT2D eigenvalue weighted by Crippen LogP contribution is 2.20. The fourth-order valence-electron chi connectivity index (χ4n) is 2.12. The van der Waals surface area contributed by atoms with Crippen LogP contribution in [0, 0.1) is 0 Å². The van der Waals surface area contributed by atoms with Crippen LogP contribution in [0.5, 0.6) is 0 Å². The Bertz CT molecular complexity index is 316. The molecule has 15 heavy (non-hydrogen) atoms. The SMILES string of the molecule is NCCc1cc(CN2CCCC2)c(Cl)[nH]1. The molecule has 0 spiro atoms. The number of H-pyrrole nitrogens is 1. The van der Waals surface area contributed by atoms with Crippen LogP contribution >= 0.6 is 11.6 Å². The molecule has 0 radical (unpaired) electrons. The first-order valence-corrected chi connectivity index (χ1v) is 5.96. The first kappa shape index (κ1) is 11.0. The van der Waals surface area contributed by atoms with E-state index in [2.05, 4.69) is 16.0 Å². The summed E-state index contributed by atoms with van der Waals surface area (Å²) in [5.74, 6) is 0. The number of rotatable bonds is 4. The third-order valence-corrected chi connectivity index (χ3v) is 3.24. The number of nitrogens with zero attached hydrogens (tertiary/aromatic N) is 1. The van der Waals surface area contributed by atoms with Crippen LogP contribution in [0.15, 0.2) is 6.07 Å². The summed E-state index contributed by atoms with van der Waals surface area (Å²) in [6.45, 7) is 4.04. The van der Waals surface area contributed by atoms with Gasteiger partial charge in [0.2, 0.25) is 0 Å². The minimum absolute atomic E-state index is 0.667. The van der Waals surface area contributed by atoms with Gasteiger partial charge in [0, 0.05) is 17.8 Å². The lowest BCUT2D eigenvalue weighted by molar-refractivity contribution is 0.331. The minimum Gasteiger partial charge on any atom is -0.349 e. The summed E-state index contributed by atoms with van der Waals surface area (Å²) in [5.41, 5.74) is 7.87. The third kappa shape index (κ3) is 2.74. The Labute approximate surface area is 95.6 Å². The highest BCUT2D eigenvalue weighted by Gasteiger charge is 2.14. The Morgan fingerprint density at radius 2 is 2.13 bits per heavy atom. The summed E-state index contributed by atoms with van der Waals surface area (Å²) in [5, 5.41) is 0.783. The van der Waals surface area contributed by atoms with Gasteiger partial charge in [-0.05, 0) is 45.0 Å². The van der Waals surface area contributed by atoms with Gasteiger partial charge in [-0.3, -0.25) is 4.90 Å². The molecule has 1 aliphatic rings. The minimum atomic E-state index is 0.667. The Morgan fingerprint density at radius 3 is 2.80 bits per heavy atom. The van der Waals surface area contributed by atoms with Crippen LogP contribution in [-0.2, 0) is 13.0 Å². The summed E-state index contributed by atoms with van der Waals surface area (Å²) < 4.78 is 0. The lowest BCUT2D eigenvalue weighted by atomic mass is 10.2. The Kier molecular flexibility index (Phi) is 3.67. The van der Waals surface area contributed by atoms with E-state index in [0.29, 0.717) is 6.54 Å². The van der Waals surface area contributed by atoms with Crippen LogP contribution < -0.4 is 5.73 Å². The Morgan fingerprint density at radius 1 is 1.40 bits per heavy atom. The molecule has 3 nitrogen and oxygen atoms in total. The van der Waals surface area contributed by atoms with E-state index in [1.807, 2.05) is 0 Å². The van der Waals surface area contributed by atoms with E-state index in [0.717, 1.165) is 23.8 Å². The molecule has 4 heteroatoms. The maximum Gasteiger partial charge on any atom is 0.111 e. The van der Waals surface area contributed by atoms with Crippen LogP contribution in [0.3, 0.4) is 0 Å². The zero-order valence-corrected chi connectivity index (χ0v) is 9.69. The van der Waals surface area contributed by atoms with Crippen molar-refractivity contribution in [1.82, 2.24) is 9.88 Å². The summed E-state index contributed by atoms with van der Waals surface area (Å²) in [4.78, 5) is 5.62. The van der Waals surface area contributed by atoms with Crippen molar-refractivity contribution < 1.29 is 0 Å². The molecule has 2 rings (SSSR count). The van der Waals surface area contributed by atoms with E-state index in [4.69, 9.17) is 17.3 Å². The third-order valence-electron chi connectivity index (χ3n) is 2.91. The predicted octanol–water partition coefficient (Wildman–Crippen LogP) is 1.77. The van der Waals surface area contributed by atoms with Gasteiger partial charge in [0.25, 0.3) is 0 Å². The second-order valence-corrected chi connectivity index (χ2v) is 4.53.